The number of carbonyl (C=O) groups excluding carboxylic acids is 1. The Morgan fingerprint density at radius 1 is 1.35 bits per heavy atom. The molecule has 1 amide bonds. The number of hydrogen-bond acceptors (Lipinski definition) is 4. The molecule has 0 spiro atoms. The first-order valence-corrected chi connectivity index (χ1v) is 6.16. The number of rotatable bonds is 3. The van der Waals surface area contributed by atoms with Crippen molar-refractivity contribution in [1.82, 2.24) is 15.0 Å². The van der Waals surface area contributed by atoms with Crippen LogP contribution in [0, 0.1) is 0 Å². The number of carboxylic acids is 1. The molecule has 1 N–H and O–H groups in total. The minimum Gasteiger partial charge on any atom is -0.478 e. The van der Waals surface area contributed by atoms with E-state index in [-0.39, 0.29) is 18.0 Å². The second-order valence-corrected chi connectivity index (χ2v) is 4.54. The zero-order chi connectivity index (χ0) is 14.1. The Hall–Kier alpha value is -2.70. The van der Waals surface area contributed by atoms with Crippen LogP contribution in [0.2, 0.25) is 0 Å². The van der Waals surface area contributed by atoms with Crippen LogP contribution in [0.3, 0.4) is 0 Å². The highest BCUT2D eigenvalue weighted by Gasteiger charge is 2.25. The van der Waals surface area contributed by atoms with Gasteiger partial charge in [0.25, 0.3) is 0 Å². The van der Waals surface area contributed by atoms with Gasteiger partial charge in [-0.05, 0) is 30.2 Å². The molecule has 7 nitrogen and oxygen atoms in total. The summed E-state index contributed by atoms with van der Waals surface area (Å²) >= 11 is 0. The third-order valence-corrected chi connectivity index (χ3v) is 3.29. The molecular formula is C13H12N4O3. The molecule has 2 aromatic rings. The molecule has 1 aliphatic rings. The van der Waals surface area contributed by atoms with Crippen LogP contribution in [0.4, 0.5) is 5.69 Å². The minimum absolute atomic E-state index is 0.0858. The third-order valence-electron chi connectivity index (χ3n) is 3.29. The molecule has 0 saturated heterocycles. The Morgan fingerprint density at radius 3 is 2.90 bits per heavy atom. The number of carboxylic acid groups (broad SMARTS) is 1. The standard InChI is InChI=1S/C13H12N4O3/c18-12(8-16-6-4-14-15-16)17-5-3-9-7-10(13(19)20)1-2-11(9)17/h1-2,4,6-7H,3,5,8H2,(H,19,20). The molecule has 3 rings (SSSR count). The lowest BCUT2D eigenvalue weighted by Gasteiger charge is -2.17. The van der Waals surface area contributed by atoms with E-state index in [1.807, 2.05) is 0 Å². The van der Waals surface area contributed by atoms with Crippen LogP contribution >= 0.6 is 0 Å². The van der Waals surface area contributed by atoms with Gasteiger partial charge in [0.15, 0.2) is 0 Å². The van der Waals surface area contributed by atoms with Gasteiger partial charge in [0.05, 0.1) is 11.8 Å². The monoisotopic (exact) mass is 272 g/mol. The normalized spacial score (nSPS) is 13.3. The first-order chi connectivity index (χ1) is 9.65. The summed E-state index contributed by atoms with van der Waals surface area (Å²) in [6.45, 7) is 0.687. The number of benzene rings is 1. The number of anilines is 1. The van der Waals surface area contributed by atoms with Gasteiger partial charge >= 0.3 is 5.97 Å². The molecule has 0 fully saturated rings. The molecule has 20 heavy (non-hydrogen) atoms. The second kappa shape index (κ2) is 4.76. The topological polar surface area (TPSA) is 88.3 Å². The second-order valence-electron chi connectivity index (χ2n) is 4.54. The summed E-state index contributed by atoms with van der Waals surface area (Å²) in [5.74, 6) is -1.04. The average Bonchev–Trinajstić information content (AvgIpc) is 3.06. The van der Waals surface area contributed by atoms with Crippen molar-refractivity contribution in [1.29, 1.82) is 0 Å². The average molecular weight is 272 g/mol. The largest absolute Gasteiger partial charge is 0.478 e. The Balaban J connectivity index is 1.82. The van der Waals surface area contributed by atoms with Gasteiger partial charge < -0.3 is 10.0 Å². The van der Waals surface area contributed by atoms with Gasteiger partial charge in [-0.2, -0.15) is 0 Å². The summed E-state index contributed by atoms with van der Waals surface area (Å²) in [6, 6.07) is 4.83. The van der Waals surface area contributed by atoms with Gasteiger partial charge in [-0.3, -0.25) is 4.79 Å². The number of aromatic carboxylic acids is 1. The van der Waals surface area contributed by atoms with E-state index < -0.39 is 5.97 Å². The van der Waals surface area contributed by atoms with E-state index >= 15 is 0 Å². The lowest BCUT2D eigenvalue weighted by Crippen LogP contribution is -2.32. The number of carbonyl (C=O) groups is 2. The molecule has 2 heterocycles. The van der Waals surface area contributed by atoms with E-state index in [0.29, 0.717) is 13.0 Å². The smallest absolute Gasteiger partial charge is 0.335 e. The van der Waals surface area contributed by atoms with E-state index in [2.05, 4.69) is 10.3 Å². The van der Waals surface area contributed by atoms with Crippen molar-refractivity contribution in [3.63, 3.8) is 0 Å². The maximum atomic E-state index is 12.2. The van der Waals surface area contributed by atoms with Crippen molar-refractivity contribution < 1.29 is 14.7 Å². The molecule has 0 radical (unpaired) electrons. The van der Waals surface area contributed by atoms with Crippen molar-refractivity contribution in [2.45, 2.75) is 13.0 Å². The highest BCUT2D eigenvalue weighted by atomic mass is 16.4. The van der Waals surface area contributed by atoms with E-state index in [4.69, 9.17) is 5.11 Å². The number of nitrogens with zero attached hydrogens (tertiary/aromatic N) is 4. The molecule has 7 heteroatoms. The predicted octanol–water partition coefficient (Wildman–Crippen LogP) is 0.566. The molecule has 0 saturated carbocycles. The van der Waals surface area contributed by atoms with Crippen molar-refractivity contribution in [3.05, 3.63) is 41.7 Å². The molecule has 1 aromatic carbocycles. The molecule has 102 valence electrons. The van der Waals surface area contributed by atoms with Crippen LogP contribution in [0.1, 0.15) is 15.9 Å². The first-order valence-electron chi connectivity index (χ1n) is 6.16. The molecule has 1 aromatic heterocycles. The summed E-state index contributed by atoms with van der Waals surface area (Å²) in [7, 11) is 0. The minimum atomic E-state index is -0.958. The van der Waals surface area contributed by atoms with Crippen molar-refractivity contribution in [3.8, 4) is 0 Å². The number of aromatic nitrogens is 3. The third kappa shape index (κ3) is 2.13. The van der Waals surface area contributed by atoms with Crippen molar-refractivity contribution in [2.24, 2.45) is 0 Å². The van der Waals surface area contributed by atoms with Crippen molar-refractivity contribution in [2.75, 3.05) is 11.4 Å². The fraction of sp³-hybridized carbons (Fsp3) is 0.231. The van der Waals surface area contributed by atoms with Crippen LogP contribution in [0.25, 0.3) is 0 Å². The quantitative estimate of drug-likeness (QED) is 0.882. The highest BCUT2D eigenvalue weighted by Crippen LogP contribution is 2.29. The maximum Gasteiger partial charge on any atom is 0.335 e. The lowest BCUT2D eigenvalue weighted by atomic mass is 10.1. The van der Waals surface area contributed by atoms with Gasteiger partial charge in [0.2, 0.25) is 5.91 Å². The molecule has 0 unspecified atom stereocenters. The van der Waals surface area contributed by atoms with Crippen LogP contribution in [0.5, 0.6) is 0 Å². The van der Waals surface area contributed by atoms with E-state index in [0.717, 1.165) is 11.3 Å². The Morgan fingerprint density at radius 2 is 2.20 bits per heavy atom. The van der Waals surface area contributed by atoms with Gasteiger partial charge in [-0.15, -0.1) is 5.10 Å². The fourth-order valence-electron chi connectivity index (χ4n) is 2.33. The highest BCUT2D eigenvalue weighted by molar-refractivity contribution is 5.96. The Kier molecular flexibility index (Phi) is 2.94. The maximum absolute atomic E-state index is 12.2. The van der Waals surface area contributed by atoms with Crippen LogP contribution in [0.15, 0.2) is 30.6 Å². The molecule has 1 aliphatic heterocycles. The van der Waals surface area contributed by atoms with Gasteiger partial charge in [-0.25, -0.2) is 9.48 Å². The summed E-state index contributed by atoms with van der Waals surface area (Å²) in [5.41, 5.74) is 1.91. The van der Waals surface area contributed by atoms with Gasteiger partial charge in [-0.1, -0.05) is 5.21 Å². The van der Waals surface area contributed by atoms with E-state index in [1.165, 1.54) is 16.9 Å². The Labute approximate surface area is 114 Å². The Bertz CT molecular complexity index is 666. The van der Waals surface area contributed by atoms with Crippen LogP contribution in [-0.4, -0.2) is 38.5 Å². The number of amides is 1. The zero-order valence-corrected chi connectivity index (χ0v) is 10.6. The fourth-order valence-corrected chi connectivity index (χ4v) is 2.33. The SMILES string of the molecule is O=C(O)c1ccc2c(c1)CCN2C(=O)Cn1ccnn1. The summed E-state index contributed by atoms with van der Waals surface area (Å²) < 4.78 is 1.46. The molecule has 0 atom stereocenters. The van der Waals surface area contributed by atoms with Gasteiger partial charge in [0, 0.05) is 18.4 Å². The van der Waals surface area contributed by atoms with Crippen LogP contribution in [-0.2, 0) is 17.8 Å². The van der Waals surface area contributed by atoms with Crippen molar-refractivity contribution >= 4 is 17.6 Å². The summed E-state index contributed by atoms with van der Waals surface area (Å²) in [4.78, 5) is 24.8. The number of fused-ring (bicyclic) bond motifs is 1. The van der Waals surface area contributed by atoms with E-state index in [1.54, 1.807) is 23.2 Å². The number of hydrogen-bond donors (Lipinski definition) is 1. The zero-order valence-electron chi connectivity index (χ0n) is 10.6. The summed E-state index contributed by atoms with van der Waals surface area (Å²) in [5, 5.41) is 16.4. The predicted molar refractivity (Wildman–Crippen MR) is 69.5 cm³/mol. The molecule has 0 bridgehead atoms. The van der Waals surface area contributed by atoms with Crippen LogP contribution < -0.4 is 4.90 Å². The van der Waals surface area contributed by atoms with Gasteiger partial charge in [0.1, 0.15) is 6.54 Å². The van der Waals surface area contributed by atoms with E-state index in [9.17, 15) is 9.59 Å². The molecular weight excluding hydrogens is 260 g/mol. The first kappa shape index (κ1) is 12.3. The summed E-state index contributed by atoms with van der Waals surface area (Å²) in [6.07, 6.45) is 3.81. The lowest BCUT2D eigenvalue weighted by molar-refractivity contribution is -0.119. The molecule has 0 aliphatic carbocycles.